The van der Waals surface area contributed by atoms with E-state index in [2.05, 4.69) is 10.3 Å². The third-order valence-corrected chi connectivity index (χ3v) is 3.57. The highest BCUT2D eigenvalue weighted by Crippen LogP contribution is 2.27. The molecule has 0 atom stereocenters. The molecule has 2 aromatic rings. The molecule has 126 valence electrons. The lowest BCUT2D eigenvalue weighted by molar-refractivity contribution is -0.118. The summed E-state index contributed by atoms with van der Waals surface area (Å²) in [5, 5.41) is 2.79. The Morgan fingerprint density at radius 1 is 1.25 bits per heavy atom. The molecule has 1 heterocycles. The van der Waals surface area contributed by atoms with Crippen molar-refractivity contribution in [3.63, 3.8) is 0 Å². The van der Waals surface area contributed by atoms with Gasteiger partial charge in [0.1, 0.15) is 5.75 Å². The number of nitrogens with zero attached hydrogens (tertiary/aromatic N) is 2. The Balaban J connectivity index is 2.30. The van der Waals surface area contributed by atoms with Gasteiger partial charge in [0.2, 0.25) is 5.91 Å². The number of anilines is 2. The average molecular weight is 327 g/mol. The van der Waals surface area contributed by atoms with Crippen molar-refractivity contribution in [1.29, 1.82) is 0 Å². The zero-order valence-corrected chi connectivity index (χ0v) is 14.2. The molecule has 1 aromatic carbocycles. The minimum Gasteiger partial charge on any atom is -0.495 e. The van der Waals surface area contributed by atoms with Crippen LogP contribution in [0.25, 0.3) is 0 Å². The Morgan fingerprint density at radius 2 is 2.00 bits per heavy atom. The maximum absolute atomic E-state index is 12.7. The van der Waals surface area contributed by atoms with Crippen LogP contribution >= 0.6 is 0 Å². The minimum atomic E-state index is -0.203. The predicted octanol–water partition coefficient (Wildman–Crippen LogP) is 2.96. The Kier molecular flexibility index (Phi) is 5.52. The molecule has 0 fully saturated rings. The topological polar surface area (TPSA) is 71.5 Å². The van der Waals surface area contributed by atoms with Crippen LogP contribution in [0.2, 0.25) is 0 Å². The van der Waals surface area contributed by atoms with E-state index in [1.165, 1.54) is 12.0 Å². The number of ether oxygens (including phenoxy) is 1. The van der Waals surface area contributed by atoms with Crippen molar-refractivity contribution >= 4 is 23.2 Å². The molecule has 0 spiro atoms. The first-order valence-corrected chi connectivity index (χ1v) is 7.61. The minimum absolute atomic E-state index is 0.140. The van der Waals surface area contributed by atoms with Crippen LogP contribution in [0.1, 0.15) is 24.2 Å². The van der Waals surface area contributed by atoms with Gasteiger partial charge in [-0.15, -0.1) is 0 Å². The van der Waals surface area contributed by atoms with Crippen LogP contribution in [0.5, 0.6) is 5.75 Å². The number of hydrogen-bond acceptors (Lipinski definition) is 4. The summed E-state index contributed by atoms with van der Waals surface area (Å²) in [6.45, 7) is 3.60. The van der Waals surface area contributed by atoms with E-state index in [1.54, 1.807) is 63.6 Å². The van der Waals surface area contributed by atoms with Crippen molar-refractivity contribution < 1.29 is 14.3 Å². The van der Waals surface area contributed by atoms with Gasteiger partial charge in [0, 0.05) is 24.7 Å². The smallest absolute Gasteiger partial charge is 0.258 e. The summed E-state index contributed by atoms with van der Waals surface area (Å²) in [6.07, 6.45) is 3.26. The first kappa shape index (κ1) is 17.5. The number of benzene rings is 1. The van der Waals surface area contributed by atoms with Crippen molar-refractivity contribution in [3.8, 4) is 5.75 Å². The van der Waals surface area contributed by atoms with Crippen LogP contribution in [-0.2, 0) is 4.79 Å². The summed E-state index contributed by atoms with van der Waals surface area (Å²) < 4.78 is 5.26. The lowest BCUT2D eigenvalue weighted by atomic mass is 10.1. The molecular weight excluding hydrogens is 306 g/mol. The maximum Gasteiger partial charge on any atom is 0.258 e. The summed E-state index contributed by atoms with van der Waals surface area (Å²) in [4.78, 5) is 30.1. The molecule has 6 nitrogen and oxygen atoms in total. The number of methoxy groups -OCH3 is 1. The summed E-state index contributed by atoms with van der Waals surface area (Å²) in [5.74, 6) is -0.0130. The van der Waals surface area contributed by atoms with E-state index in [4.69, 9.17) is 4.74 Å². The van der Waals surface area contributed by atoms with Gasteiger partial charge in [-0.2, -0.15) is 0 Å². The number of aromatic nitrogens is 1. The number of pyridine rings is 1. The summed E-state index contributed by atoms with van der Waals surface area (Å²) in [6, 6.07) is 8.52. The second kappa shape index (κ2) is 7.59. The second-order valence-electron chi connectivity index (χ2n) is 5.63. The number of carbonyl (C=O) groups excluding carboxylic acids is 2. The molecule has 2 rings (SSSR count). The Morgan fingerprint density at radius 3 is 2.58 bits per heavy atom. The van der Waals surface area contributed by atoms with E-state index in [1.807, 2.05) is 0 Å². The summed E-state index contributed by atoms with van der Waals surface area (Å²) in [5.41, 5.74) is 1.61. The van der Waals surface area contributed by atoms with E-state index < -0.39 is 0 Å². The average Bonchev–Trinajstić information content (AvgIpc) is 2.61. The van der Waals surface area contributed by atoms with Gasteiger partial charge in [-0.25, -0.2) is 0 Å². The number of hydrogen-bond donors (Lipinski definition) is 1. The zero-order chi connectivity index (χ0) is 17.7. The van der Waals surface area contributed by atoms with Crippen LogP contribution in [0.15, 0.2) is 42.7 Å². The van der Waals surface area contributed by atoms with Crippen LogP contribution in [-0.4, -0.2) is 31.0 Å². The van der Waals surface area contributed by atoms with Gasteiger partial charge in [0.25, 0.3) is 5.91 Å². The summed E-state index contributed by atoms with van der Waals surface area (Å²) >= 11 is 0. The van der Waals surface area contributed by atoms with Crippen molar-refractivity contribution in [2.45, 2.75) is 13.8 Å². The van der Waals surface area contributed by atoms with Crippen LogP contribution in [0.4, 0.5) is 11.4 Å². The highest BCUT2D eigenvalue weighted by molar-refractivity contribution is 6.07. The van der Waals surface area contributed by atoms with Crippen LogP contribution < -0.4 is 15.0 Å². The molecule has 2 amide bonds. The molecule has 24 heavy (non-hydrogen) atoms. The first-order chi connectivity index (χ1) is 11.4. The molecule has 1 N–H and O–H groups in total. The first-order valence-electron chi connectivity index (χ1n) is 7.61. The fourth-order valence-corrected chi connectivity index (χ4v) is 2.08. The van der Waals surface area contributed by atoms with Crippen molar-refractivity contribution in [1.82, 2.24) is 4.98 Å². The molecule has 0 aliphatic rings. The molecule has 1 aromatic heterocycles. The predicted molar refractivity (Wildman–Crippen MR) is 93.4 cm³/mol. The van der Waals surface area contributed by atoms with Gasteiger partial charge in [-0.3, -0.25) is 14.6 Å². The Hall–Kier alpha value is -2.89. The van der Waals surface area contributed by atoms with E-state index >= 15 is 0 Å². The van der Waals surface area contributed by atoms with Gasteiger partial charge in [0.05, 0.1) is 24.7 Å². The number of nitrogens with one attached hydrogen (secondary N) is 1. The SMILES string of the molecule is COc1ccc(C(=O)N(C)c2cccnc2)cc1NC(=O)C(C)C. The third-order valence-electron chi connectivity index (χ3n) is 3.57. The van der Waals surface area contributed by atoms with Gasteiger partial charge < -0.3 is 15.0 Å². The maximum atomic E-state index is 12.7. The molecule has 0 saturated carbocycles. The van der Waals surface area contributed by atoms with E-state index in [9.17, 15) is 9.59 Å². The normalized spacial score (nSPS) is 10.4. The fourth-order valence-electron chi connectivity index (χ4n) is 2.08. The van der Waals surface area contributed by atoms with E-state index in [0.29, 0.717) is 22.7 Å². The molecule has 0 unspecified atom stereocenters. The van der Waals surface area contributed by atoms with Crippen molar-refractivity contribution in [2.24, 2.45) is 5.92 Å². The van der Waals surface area contributed by atoms with E-state index in [-0.39, 0.29) is 17.7 Å². The standard InChI is InChI=1S/C18H21N3O3/c1-12(2)17(22)20-15-10-13(7-8-16(15)24-4)18(23)21(3)14-6-5-9-19-11-14/h5-12H,1-4H3,(H,20,22). The number of amides is 2. The Bertz CT molecular complexity index is 730. The van der Waals surface area contributed by atoms with Gasteiger partial charge in [-0.05, 0) is 30.3 Å². The number of carbonyl (C=O) groups is 2. The van der Waals surface area contributed by atoms with E-state index in [0.717, 1.165) is 0 Å². The highest BCUT2D eigenvalue weighted by atomic mass is 16.5. The molecule has 0 aliphatic carbocycles. The number of rotatable bonds is 5. The lowest BCUT2D eigenvalue weighted by Gasteiger charge is -2.18. The molecule has 0 aliphatic heterocycles. The molecule has 0 saturated heterocycles. The molecule has 0 radical (unpaired) electrons. The highest BCUT2D eigenvalue weighted by Gasteiger charge is 2.17. The molecular formula is C18H21N3O3. The van der Waals surface area contributed by atoms with Gasteiger partial charge in [0.15, 0.2) is 0 Å². The van der Waals surface area contributed by atoms with Crippen molar-refractivity contribution in [3.05, 3.63) is 48.3 Å². The lowest BCUT2D eigenvalue weighted by Crippen LogP contribution is -2.26. The monoisotopic (exact) mass is 327 g/mol. The fraction of sp³-hybridized carbons (Fsp3) is 0.278. The van der Waals surface area contributed by atoms with Gasteiger partial charge in [-0.1, -0.05) is 13.8 Å². The van der Waals surface area contributed by atoms with Crippen molar-refractivity contribution in [2.75, 3.05) is 24.4 Å². The quantitative estimate of drug-likeness (QED) is 0.916. The largest absolute Gasteiger partial charge is 0.495 e. The Labute approximate surface area is 141 Å². The summed E-state index contributed by atoms with van der Waals surface area (Å²) in [7, 11) is 3.19. The van der Waals surface area contributed by atoms with Crippen LogP contribution in [0.3, 0.4) is 0 Å². The molecule has 6 heteroatoms. The zero-order valence-electron chi connectivity index (χ0n) is 14.2. The second-order valence-corrected chi connectivity index (χ2v) is 5.63. The van der Waals surface area contributed by atoms with Crippen LogP contribution in [0, 0.1) is 5.92 Å². The van der Waals surface area contributed by atoms with Gasteiger partial charge >= 0.3 is 0 Å². The molecule has 0 bridgehead atoms. The third kappa shape index (κ3) is 3.90.